The van der Waals surface area contributed by atoms with Crippen molar-refractivity contribution in [1.29, 1.82) is 0 Å². The molecule has 3 aromatic rings. The Morgan fingerprint density at radius 1 is 1.23 bits per heavy atom. The van der Waals surface area contributed by atoms with Gasteiger partial charge in [0.2, 0.25) is 0 Å². The molecule has 3 aromatic heterocycles. The maximum atomic E-state index is 13.8. The van der Waals surface area contributed by atoms with E-state index in [0.29, 0.717) is 22.6 Å². The van der Waals surface area contributed by atoms with Gasteiger partial charge in [-0.3, -0.25) is 14.3 Å². The third-order valence-electron chi connectivity index (χ3n) is 8.05. The summed E-state index contributed by atoms with van der Waals surface area (Å²) < 4.78 is 42.5. The monoisotopic (exact) mass is 556 g/mol. The number of nitrogens with zero attached hydrogens (tertiary/aromatic N) is 8. The second-order valence-electron chi connectivity index (χ2n) is 10.6. The van der Waals surface area contributed by atoms with Crippen LogP contribution in [0.15, 0.2) is 30.6 Å². The van der Waals surface area contributed by atoms with E-state index in [-0.39, 0.29) is 55.2 Å². The first-order chi connectivity index (χ1) is 19.0. The van der Waals surface area contributed by atoms with Gasteiger partial charge in [0, 0.05) is 25.2 Å². The minimum Gasteiger partial charge on any atom is -0.465 e. The fourth-order valence-electron chi connectivity index (χ4n) is 5.58. The summed E-state index contributed by atoms with van der Waals surface area (Å²) in [7, 11) is 1.44. The van der Waals surface area contributed by atoms with Crippen LogP contribution in [0.4, 0.5) is 29.6 Å². The largest absolute Gasteiger partial charge is 0.465 e. The van der Waals surface area contributed by atoms with Gasteiger partial charge in [-0.25, -0.2) is 14.8 Å². The molecule has 5 heterocycles. The molecule has 0 spiro atoms. The molecule has 2 fully saturated rings. The molecule has 0 bridgehead atoms. The number of rotatable bonds is 6. The van der Waals surface area contributed by atoms with E-state index in [2.05, 4.69) is 27.0 Å². The third kappa shape index (κ3) is 4.12. The second kappa shape index (κ2) is 9.17. The van der Waals surface area contributed by atoms with E-state index in [1.807, 2.05) is 0 Å². The highest BCUT2D eigenvalue weighted by atomic mass is 19.4. The number of anilines is 2. The van der Waals surface area contributed by atoms with Gasteiger partial charge in [-0.2, -0.15) is 13.2 Å². The Labute approximate surface area is 227 Å². The Balaban J connectivity index is 1.36. The molecule has 40 heavy (non-hydrogen) atoms. The smallest absolute Gasteiger partial charge is 0.412 e. The van der Waals surface area contributed by atoms with Crippen molar-refractivity contribution in [1.82, 2.24) is 29.6 Å². The molecule has 1 aliphatic carbocycles. The van der Waals surface area contributed by atoms with E-state index in [9.17, 15) is 27.9 Å². The molecule has 210 valence electrons. The van der Waals surface area contributed by atoms with Gasteiger partial charge in [-0.15, -0.1) is 10.2 Å². The average molecular weight is 557 g/mol. The number of alkyl halides is 3. The first kappa shape index (κ1) is 26.0. The molecule has 2 aliphatic heterocycles. The lowest BCUT2D eigenvalue weighted by Crippen LogP contribution is -2.35. The topological polar surface area (TPSA) is 121 Å². The number of carbonyl (C=O) groups is 2. The Bertz CT molecular complexity index is 1500. The Hall–Kier alpha value is -4.23. The average Bonchev–Trinajstić information content (AvgIpc) is 3.22. The van der Waals surface area contributed by atoms with Crippen LogP contribution in [0.25, 0.3) is 11.5 Å². The van der Waals surface area contributed by atoms with Crippen LogP contribution in [-0.2, 0) is 18.6 Å². The number of fused-ring (bicyclic) bond motifs is 1. The number of carboxylic acid groups (broad SMARTS) is 1. The summed E-state index contributed by atoms with van der Waals surface area (Å²) in [6.07, 6.45) is -2.69. The molecule has 6 rings (SSSR count). The molecule has 0 radical (unpaired) electrons. The molecular formula is C26H27F3N8O3. The zero-order valence-corrected chi connectivity index (χ0v) is 21.9. The first-order valence-electron chi connectivity index (χ1n) is 13.0. The molecule has 2 amide bonds. The summed E-state index contributed by atoms with van der Waals surface area (Å²) in [5.74, 6) is 0.476. The van der Waals surface area contributed by atoms with E-state index >= 15 is 0 Å². The van der Waals surface area contributed by atoms with Crippen molar-refractivity contribution < 1.29 is 27.9 Å². The van der Waals surface area contributed by atoms with Crippen LogP contribution in [0.1, 0.15) is 54.2 Å². The normalized spacial score (nSPS) is 19.7. The van der Waals surface area contributed by atoms with Gasteiger partial charge in [0.25, 0.3) is 5.91 Å². The van der Waals surface area contributed by atoms with Gasteiger partial charge < -0.3 is 14.9 Å². The van der Waals surface area contributed by atoms with Crippen molar-refractivity contribution in [2.75, 3.05) is 23.4 Å². The highest BCUT2D eigenvalue weighted by molar-refractivity contribution is 6.10. The number of aromatic nitrogens is 5. The SMILES string of the molecule is CC1CCCN1c1cc2c(c(CN(C)C(=O)O)n1)CN(c1cccc(-c3nncn3C3(C(F)(F)F)CC3)n1)C2=O. The number of pyridine rings is 2. The van der Waals surface area contributed by atoms with Crippen LogP contribution >= 0.6 is 0 Å². The van der Waals surface area contributed by atoms with Gasteiger partial charge in [0.1, 0.15) is 29.2 Å². The fraction of sp³-hybridized carbons (Fsp3) is 0.462. The lowest BCUT2D eigenvalue weighted by molar-refractivity contribution is -0.179. The summed E-state index contributed by atoms with van der Waals surface area (Å²) in [5, 5.41) is 17.1. The van der Waals surface area contributed by atoms with Crippen molar-refractivity contribution in [3.8, 4) is 11.5 Å². The predicted octanol–water partition coefficient (Wildman–Crippen LogP) is 4.05. The van der Waals surface area contributed by atoms with Crippen LogP contribution in [0, 0.1) is 0 Å². The summed E-state index contributed by atoms with van der Waals surface area (Å²) in [6, 6.07) is 6.71. The highest BCUT2D eigenvalue weighted by Gasteiger charge is 2.65. The van der Waals surface area contributed by atoms with Crippen LogP contribution in [-0.4, -0.2) is 72.5 Å². The van der Waals surface area contributed by atoms with Crippen LogP contribution < -0.4 is 9.80 Å². The maximum Gasteiger partial charge on any atom is 0.412 e. The molecule has 1 atom stereocenters. The van der Waals surface area contributed by atoms with Crippen LogP contribution in [0.5, 0.6) is 0 Å². The molecular weight excluding hydrogens is 529 g/mol. The number of hydrogen-bond donors (Lipinski definition) is 1. The molecule has 14 heteroatoms. The minimum absolute atomic E-state index is 0.00898. The Kier molecular flexibility index (Phi) is 5.96. The Morgan fingerprint density at radius 3 is 2.65 bits per heavy atom. The van der Waals surface area contributed by atoms with Crippen molar-refractivity contribution in [3.63, 3.8) is 0 Å². The maximum absolute atomic E-state index is 13.8. The van der Waals surface area contributed by atoms with Gasteiger partial charge in [-0.1, -0.05) is 6.07 Å². The number of carbonyl (C=O) groups excluding carboxylic acids is 1. The van der Waals surface area contributed by atoms with E-state index in [1.54, 1.807) is 18.2 Å². The van der Waals surface area contributed by atoms with E-state index < -0.39 is 17.8 Å². The summed E-state index contributed by atoms with van der Waals surface area (Å²) in [4.78, 5) is 39.2. The number of hydrogen-bond acceptors (Lipinski definition) is 7. The van der Waals surface area contributed by atoms with Crippen molar-refractivity contribution in [2.24, 2.45) is 0 Å². The summed E-state index contributed by atoms with van der Waals surface area (Å²) in [6.45, 7) is 2.95. The first-order valence-corrected chi connectivity index (χ1v) is 13.0. The summed E-state index contributed by atoms with van der Waals surface area (Å²) >= 11 is 0. The zero-order chi connectivity index (χ0) is 28.4. The van der Waals surface area contributed by atoms with E-state index in [1.165, 1.54) is 18.0 Å². The number of amides is 2. The van der Waals surface area contributed by atoms with Gasteiger partial charge in [-0.05, 0) is 50.8 Å². The molecule has 1 saturated carbocycles. The van der Waals surface area contributed by atoms with Crippen molar-refractivity contribution >= 4 is 23.6 Å². The Morgan fingerprint density at radius 2 is 2.00 bits per heavy atom. The van der Waals surface area contributed by atoms with E-state index in [0.717, 1.165) is 35.2 Å². The molecule has 1 unspecified atom stereocenters. The highest BCUT2D eigenvalue weighted by Crippen LogP contribution is 2.56. The molecule has 1 saturated heterocycles. The molecule has 3 aliphatic rings. The standard InChI is InChI=1S/C26H27F3N8O3/c1-15-5-4-10-35(15)21-11-16-17(19(32-21)13-34(2)24(39)40)12-36(23(16)38)20-7-3-6-18(31-20)22-33-30-14-37(22)25(8-9-25)26(27,28)29/h3,6-7,11,14-15H,4-5,8-10,12-13H2,1-2H3,(H,39,40). The van der Waals surface area contributed by atoms with Gasteiger partial charge >= 0.3 is 12.3 Å². The molecule has 0 aromatic carbocycles. The van der Waals surface area contributed by atoms with Crippen LogP contribution in [0.2, 0.25) is 0 Å². The quantitative estimate of drug-likeness (QED) is 0.483. The lowest BCUT2D eigenvalue weighted by Gasteiger charge is -2.24. The predicted molar refractivity (Wildman–Crippen MR) is 137 cm³/mol. The van der Waals surface area contributed by atoms with Crippen molar-refractivity contribution in [3.05, 3.63) is 47.4 Å². The fourth-order valence-corrected chi connectivity index (χ4v) is 5.58. The van der Waals surface area contributed by atoms with E-state index in [4.69, 9.17) is 4.98 Å². The molecule has 1 N–H and O–H groups in total. The van der Waals surface area contributed by atoms with Crippen LogP contribution in [0.3, 0.4) is 0 Å². The van der Waals surface area contributed by atoms with Gasteiger partial charge in [0.05, 0.1) is 24.3 Å². The third-order valence-corrected chi connectivity index (χ3v) is 8.05. The van der Waals surface area contributed by atoms with Crippen molar-refractivity contribution in [2.45, 2.75) is 63.5 Å². The minimum atomic E-state index is -4.47. The zero-order valence-electron chi connectivity index (χ0n) is 21.9. The number of halogens is 3. The van der Waals surface area contributed by atoms with Gasteiger partial charge in [0.15, 0.2) is 5.82 Å². The second-order valence-corrected chi connectivity index (χ2v) is 10.6. The lowest BCUT2D eigenvalue weighted by atomic mass is 10.1. The summed E-state index contributed by atoms with van der Waals surface area (Å²) in [5.41, 5.74) is -0.419. The molecule has 11 nitrogen and oxygen atoms in total.